The number of aromatic nitrogens is 2. The molecule has 1 aromatic heterocycles. The highest BCUT2D eigenvalue weighted by atomic mass is 19.4. The van der Waals surface area contributed by atoms with Crippen molar-refractivity contribution >= 4 is 17.5 Å². The van der Waals surface area contributed by atoms with Crippen LogP contribution in [0.5, 0.6) is 0 Å². The number of nitrogens with one attached hydrogen (secondary N) is 2. The fraction of sp³-hybridized carbons (Fsp3) is 0.500. The Hall–Kier alpha value is -2.35. The van der Waals surface area contributed by atoms with Crippen molar-refractivity contribution in [3.8, 4) is 0 Å². The SMILES string of the molecule is CC(C)[C@@H](CO)Nc1nc(Nc2ccc(C(C)(C)C)cc2)cc(C(F)(F)F)n1. The quantitative estimate of drug-likeness (QED) is 0.643. The van der Waals surface area contributed by atoms with Crippen LogP contribution in [0.25, 0.3) is 0 Å². The minimum Gasteiger partial charge on any atom is -0.394 e. The van der Waals surface area contributed by atoms with Gasteiger partial charge in [-0.2, -0.15) is 18.2 Å². The highest BCUT2D eigenvalue weighted by Crippen LogP contribution is 2.31. The molecule has 5 nitrogen and oxygen atoms in total. The van der Waals surface area contributed by atoms with Crippen molar-refractivity contribution in [3.63, 3.8) is 0 Å². The molecule has 1 heterocycles. The fourth-order valence-electron chi connectivity index (χ4n) is 2.51. The van der Waals surface area contributed by atoms with Crippen LogP contribution in [0.2, 0.25) is 0 Å². The van der Waals surface area contributed by atoms with E-state index >= 15 is 0 Å². The minimum atomic E-state index is -4.61. The first-order valence-electron chi connectivity index (χ1n) is 9.11. The van der Waals surface area contributed by atoms with Crippen molar-refractivity contribution < 1.29 is 18.3 Å². The van der Waals surface area contributed by atoms with Crippen LogP contribution in [0.1, 0.15) is 45.9 Å². The smallest absolute Gasteiger partial charge is 0.394 e. The topological polar surface area (TPSA) is 70.1 Å². The van der Waals surface area contributed by atoms with E-state index in [0.29, 0.717) is 5.69 Å². The van der Waals surface area contributed by atoms with E-state index in [4.69, 9.17) is 0 Å². The largest absolute Gasteiger partial charge is 0.433 e. The third-order valence-electron chi connectivity index (χ3n) is 4.36. The van der Waals surface area contributed by atoms with Crippen molar-refractivity contribution in [2.24, 2.45) is 5.92 Å². The zero-order valence-corrected chi connectivity index (χ0v) is 16.7. The summed E-state index contributed by atoms with van der Waals surface area (Å²) in [6.07, 6.45) is -4.61. The number of hydrogen-bond donors (Lipinski definition) is 3. The normalized spacial score (nSPS) is 13.5. The Morgan fingerprint density at radius 2 is 1.64 bits per heavy atom. The molecule has 0 spiro atoms. The highest BCUT2D eigenvalue weighted by molar-refractivity contribution is 5.58. The summed E-state index contributed by atoms with van der Waals surface area (Å²) < 4.78 is 39.8. The van der Waals surface area contributed by atoms with Crippen LogP contribution in [0.15, 0.2) is 30.3 Å². The summed E-state index contributed by atoms with van der Waals surface area (Å²) in [6.45, 7) is 9.70. The van der Waals surface area contributed by atoms with E-state index < -0.39 is 17.9 Å². The van der Waals surface area contributed by atoms with E-state index in [9.17, 15) is 18.3 Å². The summed E-state index contributed by atoms with van der Waals surface area (Å²) in [7, 11) is 0. The lowest BCUT2D eigenvalue weighted by molar-refractivity contribution is -0.141. The average Bonchev–Trinajstić information content (AvgIpc) is 2.58. The van der Waals surface area contributed by atoms with Crippen LogP contribution in [0.4, 0.5) is 30.6 Å². The van der Waals surface area contributed by atoms with Crippen molar-refractivity contribution in [3.05, 3.63) is 41.6 Å². The van der Waals surface area contributed by atoms with Crippen LogP contribution in [-0.4, -0.2) is 27.7 Å². The average molecular weight is 396 g/mol. The Morgan fingerprint density at radius 1 is 1.04 bits per heavy atom. The van der Waals surface area contributed by atoms with Gasteiger partial charge in [0.25, 0.3) is 0 Å². The van der Waals surface area contributed by atoms with Gasteiger partial charge in [-0.05, 0) is 29.0 Å². The number of hydrogen-bond acceptors (Lipinski definition) is 5. The second kappa shape index (κ2) is 8.34. The fourth-order valence-corrected chi connectivity index (χ4v) is 2.51. The molecule has 0 aliphatic carbocycles. The van der Waals surface area contributed by atoms with E-state index in [2.05, 4.69) is 41.4 Å². The van der Waals surface area contributed by atoms with E-state index in [0.717, 1.165) is 11.6 Å². The summed E-state index contributed by atoms with van der Waals surface area (Å²) in [5.41, 5.74) is 0.652. The van der Waals surface area contributed by atoms with Gasteiger partial charge in [0, 0.05) is 11.8 Å². The zero-order chi connectivity index (χ0) is 21.1. The summed E-state index contributed by atoms with van der Waals surface area (Å²) in [4.78, 5) is 7.70. The van der Waals surface area contributed by atoms with Crippen LogP contribution in [-0.2, 0) is 11.6 Å². The molecule has 0 fully saturated rings. The highest BCUT2D eigenvalue weighted by Gasteiger charge is 2.34. The molecule has 28 heavy (non-hydrogen) atoms. The molecule has 0 radical (unpaired) electrons. The molecule has 8 heteroatoms. The first-order valence-corrected chi connectivity index (χ1v) is 9.11. The van der Waals surface area contributed by atoms with Gasteiger partial charge in [0.05, 0.1) is 12.6 Å². The van der Waals surface area contributed by atoms with Gasteiger partial charge < -0.3 is 15.7 Å². The lowest BCUT2D eigenvalue weighted by atomic mass is 9.87. The van der Waals surface area contributed by atoms with Crippen LogP contribution >= 0.6 is 0 Å². The van der Waals surface area contributed by atoms with Crippen LogP contribution in [0.3, 0.4) is 0 Å². The van der Waals surface area contributed by atoms with Gasteiger partial charge in [0.15, 0.2) is 5.69 Å². The van der Waals surface area contributed by atoms with Gasteiger partial charge in [0.1, 0.15) is 5.82 Å². The van der Waals surface area contributed by atoms with Gasteiger partial charge in [0.2, 0.25) is 5.95 Å². The lowest BCUT2D eigenvalue weighted by Crippen LogP contribution is -2.30. The van der Waals surface area contributed by atoms with Gasteiger partial charge in [-0.25, -0.2) is 4.98 Å². The molecule has 0 unspecified atom stereocenters. The van der Waals surface area contributed by atoms with Crippen molar-refractivity contribution in [2.75, 3.05) is 17.2 Å². The predicted octanol–water partition coefficient (Wildman–Crippen LogP) is 4.97. The predicted molar refractivity (Wildman–Crippen MR) is 105 cm³/mol. The van der Waals surface area contributed by atoms with E-state index in [1.54, 1.807) is 12.1 Å². The number of aliphatic hydroxyl groups excluding tert-OH is 1. The molecule has 0 aliphatic heterocycles. The number of halogens is 3. The third kappa shape index (κ3) is 5.82. The van der Waals surface area contributed by atoms with E-state index in [1.807, 2.05) is 26.0 Å². The summed E-state index contributed by atoms with van der Waals surface area (Å²) in [5, 5.41) is 15.1. The number of aliphatic hydroxyl groups is 1. The monoisotopic (exact) mass is 396 g/mol. The van der Waals surface area contributed by atoms with Crippen LogP contribution < -0.4 is 10.6 Å². The third-order valence-corrected chi connectivity index (χ3v) is 4.36. The number of anilines is 3. The number of nitrogens with zero attached hydrogens (tertiary/aromatic N) is 2. The Labute approximate surface area is 163 Å². The standard InChI is InChI=1S/C20H27F3N4O/c1-12(2)15(11-28)25-18-26-16(20(21,22)23)10-17(27-18)24-14-8-6-13(7-9-14)19(3,4)5/h6-10,12,15,28H,11H2,1-5H3,(H2,24,25,26,27)/t15-/m1/s1. The molecule has 2 aromatic rings. The maximum atomic E-state index is 13.3. The Bertz CT molecular complexity index is 784. The number of alkyl halides is 3. The molecular formula is C20H27F3N4O. The molecule has 0 saturated heterocycles. The molecule has 0 aliphatic rings. The molecule has 1 aromatic carbocycles. The maximum Gasteiger partial charge on any atom is 0.433 e. The molecule has 3 N–H and O–H groups in total. The molecule has 2 rings (SSSR count). The van der Waals surface area contributed by atoms with E-state index in [1.165, 1.54) is 0 Å². The molecular weight excluding hydrogens is 369 g/mol. The molecule has 0 bridgehead atoms. The summed E-state index contributed by atoms with van der Waals surface area (Å²) in [6, 6.07) is 7.86. The van der Waals surface area contributed by atoms with E-state index in [-0.39, 0.29) is 29.7 Å². The first kappa shape index (κ1) is 21.9. The van der Waals surface area contributed by atoms with Gasteiger partial charge >= 0.3 is 6.18 Å². The van der Waals surface area contributed by atoms with Gasteiger partial charge in [-0.15, -0.1) is 0 Å². The molecule has 154 valence electrons. The Balaban J connectivity index is 2.33. The van der Waals surface area contributed by atoms with Gasteiger partial charge in [-0.1, -0.05) is 46.8 Å². The van der Waals surface area contributed by atoms with Crippen molar-refractivity contribution in [1.29, 1.82) is 0 Å². The van der Waals surface area contributed by atoms with Gasteiger partial charge in [-0.3, -0.25) is 0 Å². The molecule has 0 amide bonds. The number of rotatable bonds is 6. The molecule has 0 saturated carbocycles. The minimum absolute atomic E-state index is 0.00973. The summed E-state index contributed by atoms with van der Waals surface area (Å²) >= 11 is 0. The Morgan fingerprint density at radius 3 is 2.11 bits per heavy atom. The molecule has 1 atom stereocenters. The Kier molecular flexibility index (Phi) is 6.54. The van der Waals surface area contributed by atoms with Crippen LogP contribution in [0, 0.1) is 5.92 Å². The lowest BCUT2D eigenvalue weighted by Gasteiger charge is -2.21. The van der Waals surface area contributed by atoms with Crippen molar-refractivity contribution in [1.82, 2.24) is 9.97 Å². The second-order valence-electron chi connectivity index (χ2n) is 8.09. The first-order chi connectivity index (χ1) is 12.9. The zero-order valence-electron chi connectivity index (χ0n) is 16.7. The van der Waals surface area contributed by atoms with Crippen molar-refractivity contribution in [2.45, 2.75) is 52.3 Å². The summed E-state index contributed by atoms with van der Waals surface area (Å²) in [5.74, 6) is -0.172. The second-order valence-corrected chi connectivity index (χ2v) is 8.09. The maximum absolute atomic E-state index is 13.3. The number of benzene rings is 1.